The van der Waals surface area contributed by atoms with Crippen molar-refractivity contribution in [2.24, 2.45) is 5.73 Å². The highest BCUT2D eigenvalue weighted by molar-refractivity contribution is 5.90. The van der Waals surface area contributed by atoms with Crippen molar-refractivity contribution in [3.05, 3.63) is 70.9 Å². The van der Waals surface area contributed by atoms with Crippen molar-refractivity contribution in [2.75, 3.05) is 13.2 Å². The van der Waals surface area contributed by atoms with Crippen LogP contribution in [0.1, 0.15) is 27.2 Å². The summed E-state index contributed by atoms with van der Waals surface area (Å²) in [5, 5.41) is 13.4. The number of carboxylic acid groups (broad SMARTS) is 1. The fraction of sp³-hybridized carbons (Fsp3) is 0.211. The topological polar surface area (TPSA) is 103 Å². The molecule has 3 aromatic rings. The highest BCUT2D eigenvalue weighted by atomic mass is 35.5. The molecular formula is C19H17ClF4N4O3. The lowest BCUT2D eigenvalue weighted by Crippen LogP contribution is -2.12. The zero-order chi connectivity index (χ0) is 21.9. The monoisotopic (exact) mass is 460 g/mol. The van der Waals surface area contributed by atoms with Crippen molar-refractivity contribution in [2.45, 2.75) is 12.6 Å². The first-order valence-corrected chi connectivity index (χ1v) is 8.65. The second-order valence-electron chi connectivity index (χ2n) is 6.26. The van der Waals surface area contributed by atoms with E-state index in [1.165, 1.54) is 29.2 Å². The van der Waals surface area contributed by atoms with Crippen LogP contribution in [0, 0.1) is 5.82 Å². The molecule has 0 saturated heterocycles. The number of aromatic nitrogens is 3. The summed E-state index contributed by atoms with van der Waals surface area (Å²) in [6.45, 7) is 0.235. The number of carbonyl (C=O) groups is 1. The van der Waals surface area contributed by atoms with E-state index in [1.54, 1.807) is 0 Å². The highest BCUT2D eigenvalue weighted by Crippen LogP contribution is 2.31. The van der Waals surface area contributed by atoms with E-state index in [4.69, 9.17) is 10.5 Å². The molecule has 1 aromatic carbocycles. The van der Waals surface area contributed by atoms with Crippen LogP contribution in [0.4, 0.5) is 17.6 Å². The molecule has 2 aromatic heterocycles. The Labute approximate surface area is 179 Å². The lowest BCUT2D eigenvalue weighted by atomic mass is 10.0. The number of benzene rings is 1. The van der Waals surface area contributed by atoms with Crippen LogP contribution in [-0.2, 0) is 12.6 Å². The lowest BCUT2D eigenvalue weighted by Gasteiger charge is -2.10. The van der Waals surface area contributed by atoms with Gasteiger partial charge in [0.15, 0.2) is 0 Å². The number of pyridine rings is 1. The Morgan fingerprint density at radius 2 is 1.97 bits per heavy atom. The molecule has 0 radical (unpaired) electrons. The van der Waals surface area contributed by atoms with Crippen molar-refractivity contribution in [3.63, 3.8) is 0 Å². The molecule has 3 N–H and O–H groups in total. The van der Waals surface area contributed by atoms with Gasteiger partial charge in [-0.1, -0.05) is 0 Å². The molecule has 0 aliphatic rings. The van der Waals surface area contributed by atoms with Crippen LogP contribution in [-0.4, -0.2) is 39.0 Å². The van der Waals surface area contributed by atoms with Crippen molar-refractivity contribution in [1.29, 1.82) is 0 Å². The van der Waals surface area contributed by atoms with Crippen LogP contribution in [0.5, 0.6) is 5.88 Å². The van der Waals surface area contributed by atoms with Crippen LogP contribution in [0.2, 0.25) is 0 Å². The third-order valence-electron chi connectivity index (χ3n) is 4.00. The standard InChI is InChI=1S/C19H16F4N4O3.ClH/c20-13-6-11(5-12(8-13)19(21,22)23)7-14-9-15(1-3-25-14)27-10-16(18(28)29)17(26-27)30-4-2-24;/h1,3,5-6,8-10H,2,4,7,24H2,(H,28,29);1H. The Hall–Kier alpha value is -3.18. The van der Waals surface area contributed by atoms with Gasteiger partial charge in [0.1, 0.15) is 18.0 Å². The molecular weight excluding hydrogens is 444 g/mol. The summed E-state index contributed by atoms with van der Waals surface area (Å²) in [5.41, 5.74) is 4.91. The maximum absolute atomic E-state index is 13.6. The second-order valence-corrected chi connectivity index (χ2v) is 6.26. The van der Waals surface area contributed by atoms with Gasteiger partial charge in [0.25, 0.3) is 0 Å². The number of aromatic carboxylic acids is 1. The molecule has 7 nitrogen and oxygen atoms in total. The maximum Gasteiger partial charge on any atom is 0.416 e. The smallest absolute Gasteiger partial charge is 0.416 e. The van der Waals surface area contributed by atoms with Crippen LogP contribution in [0.25, 0.3) is 5.69 Å². The molecule has 0 spiro atoms. The highest BCUT2D eigenvalue weighted by Gasteiger charge is 2.31. The number of alkyl halides is 3. The molecule has 12 heteroatoms. The zero-order valence-electron chi connectivity index (χ0n) is 15.8. The van der Waals surface area contributed by atoms with Gasteiger partial charge in [0, 0.05) is 31.1 Å². The van der Waals surface area contributed by atoms with E-state index in [-0.39, 0.29) is 49.0 Å². The first-order valence-electron chi connectivity index (χ1n) is 8.65. The molecule has 0 unspecified atom stereocenters. The maximum atomic E-state index is 13.6. The van der Waals surface area contributed by atoms with E-state index >= 15 is 0 Å². The van der Waals surface area contributed by atoms with Gasteiger partial charge in [-0.05, 0) is 35.9 Å². The quantitative estimate of drug-likeness (QED) is 0.523. The first-order chi connectivity index (χ1) is 14.2. The fourth-order valence-corrected chi connectivity index (χ4v) is 2.73. The predicted molar refractivity (Wildman–Crippen MR) is 104 cm³/mol. The fourth-order valence-electron chi connectivity index (χ4n) is 2.73. The minimum absolute atomic E-state index is 0. The SMILES string of the molecule is Cl.NCCOc1nn(-c2ccnc(Cc3cc(F)cc(C(F)(F)F)c3)c2)cc1C(=O)O. The minimum Gasteiger partial charge on any atom is -0.477 e. The van der Waals surface area contributed by atoms with E-state index < -0.39 is 23.5 Å². The van der Waals surface area contributed by atoms with Crippen molar-refractivity contribution in [3.8, 4) is 11.6 Å². The average molecular weight is 461 g/mol. The summed E-state index contributed by atoms with van der Waals surface area (Å²) >= 11 is 0. The minimum atomic E-state index is -4.67. The van der Waals surface area contributed by atoms with Gasteiger partial charge in [0.2, 0.25) is 5.88 Å². The summed E-state index contributed by atoms with van der Waals surface area (Å²) in [6.07, 6.45) is -2.12. The van der Waals surface area contributed by atoms with Crippen LogP contribution >= 0.6 is 12.4 Å². The van der Waals surface area contributed by atoms with Gasteiger partial charge < -0.3 is 15.6 Å². The number of halogens is 5. The van der Waals surface area contributed by atoms with Gasteiger partial charge >= 0.3 is 12.1 Å². The third-order valence-corrected chi connectivity index (χ3v) is 4.00. The summed E-state index contributed by atoms with van der Waals surface area (Å²) in [4.78, 5) is 15.5. The Kier molecular flexibility index (Phi) is 7.58. The second kappa shape index (κ2) is 9.75. The molecule has 0 atom stereocenters. The Morgan fingerprint density at radius 3 is 2.61 bits per heavy atom. The zero-order valence-corrected chi connectivity index (χ0v) is 16.6. The van der Waals surface area contributed by atoms with E-state index in [9.17, 15) is 27.5 Å². The van der Waals surface area contributed by atoms with Gasteiger partial charge in [0.05, 0.1) is 11.3 Å². The average Bonchev–Trinajstić information content (AvgIpc) is 3.10. The van der Waals surface area contributed by atoms with Gasteiger partial charge in [-0.3, -0.25) is 4.98 Å². The summed E-state index contributed by atoms with van der Waals surface area (Å²) in [5.74, 6) is -2.37. The van der Waals surface area contributed by atoms with E-state index in [0.717, 1.165) is 12.1 Å². The van der Waals surface area contributed by atoms with E-state index in [2.05, 4.69) is 10.1 Å². The Morgan fingerprint density at radius 1 is 1.23 bits per heavy atom. The summed E-state index contributed by atoms with van der Waals surface area (Å²) in [6, 6.07) is 5.31. The molecule has 3 rings (SSSR count). The number of rotatable bonds is 7. The van der Waals surface area contributed by atoms with Gasteiger partial charge in [-0.25, -0.2) is 13.9 Å². The predicted octanol–water partition coefficient (Wildman–Crippen LogP) is 3.47. The molecule has 2 heterocycles. The molecule has 0 amide bonds. The molecule has 0 aliphatic heterocycles. The van der Waals surface area contributed by atoms with Gasteiger partial charge in [-0.2, -0.15) is 13.2 Å². The van der Waals surface area contributed by atoms with Crippen molar-refractivity contribution < 1.29 is 32.2 Å². The Balaban J connectivity index is 0.00000341. The van der Waals surface area contributed by atoms with Crippen molar-refractivity contribution in [1.82, 2.24) is 14.8 Å². The Bertz CT molecular complexity index is 1070. The van der Waals surface area contributed by atoms with Crippen LogP contribution in [0.3, 0.4) is 0 Å². The number of ether oxygens (including phenoxy) is 1. The number of nitrogens with zero attached hydrogens (tertiary/aromatic N) is 3. The van der Waals surface area contributed by atoms with Crippen LogP contribution < -0.4 is 10.5 Å². The number of carboxylic acids is 1. The number of nitrogens with two attached hydrogens (primary N) is 1. The molecule has 0 bridgehead atoms. The molecule has 0 aliphatic carbocycles. The first kappa shape index (κ1) is 24.1. The number of hydrogen-bond acceptors (Lipinski definition) is 5. The van der Waals surface area contributed by atoms with Crippen LogP contribution in [0.15, 0.2) is 42.7 Å². The molecule has 166 valence electrons. The molecule has 31 heavy (non-hydrogen) atoms. The van der Waals surface area contributed by atoms with E-state index in [1.807, 2.05) is 0 Å². The normalized spacial score (nSPS) is 11.1. The lowest BCUT2D eigenvalue weighted by molar-refractivity contribution is -0.137. The largest absolute Gasteiger partial charge is 0.477 e. The number of hydrogen-bond donors (Lipinski definition) is 2. The molecule has 0 saturated carbocycles. The van der Waals surface area contributed by atoms with Gasteiger partial charge in [-0.15, -0.1) is 17.5 Å². The van der Waals surface area contributed by atoms with Crippen molar-refractivity contribution >= 4 is 18.4 Å². The van der Waals surface area contributed by atoms with E-state index in [0.29, 0.717) is 17.4 Å². The summed E-state index contributed by atoms with van der Waals surface area (Å²) in [7, 11) is 0. The third kappa shape index (κ3) is 5.92. The summed E-state index contributed by atoms with van der Waals surface area (Å²) < 4.78 is 58.8. The molecule has 0 fully saturated rings.